The average molecular weight is 357 g/mol. The van der Waals surface area contributed by atoms with E-state index in [2.05, 4.69) is 0 Å². The van der Waals surface area contributed by atoms with E-state index < -0.39 is 0 Å². The van der Waals surface area contributed by atoms with Crippen LogP contribution in [0.3, 0.4) is 0 Å². The lowest BCUT2D eigenvalue weighted by atomic mass is 10.1. The van der Waals surface area contributed by atoms with Crippen molar-refractivity contribution in [2.75, 3.05) is 4.90 Å². The number of esters is 1. The van der Waals surface area contributed by atoms with Crippen molar-refractivity contribution in [3.63, 3.8) is 0 Å². The van der Waals surface area contributed by atoms with Gasteiger partial charge in [0.1, 0.15) is 5.75 Å². The number of carbonyl (C=O) groups is 3. The fourth-order valence-corrected chi connectivity index (χ4v) is 3.02. The smallest absolute Gasteiger partial charge is 0.315 e. The third kappa shape index (κ3) is 3.22. The van der Waals surface area contributed by atoms with Gasteiger partial charge in [-0.1, -0.05) is 42.5 Å². The van der Waals surface area contributed by atoms with Gasteiger partial charge in [-0.25, -0.2) is 4.90 Å². The minimum Gasteiger partial charge on any atom is -0.426 e. The molecule has 2 amide bonds. The predicted molar refractivity (Wildman–Crippen MR) is 99.8 cm³/mol. The van der Waals surface area contributed by atoms with Gasteiger partial charge in [-0.3, -0.25) is 14.4 Å². The molecule has 0 bridgehead atoms. The third-order valence-corrected chi connectivity index (χ3v) is 4.31. The first-order valence-corrected chi connectivity index (χ1v) is 8.46. The lowest BCUT2D eigenvalue weighted by molar-refractivity contribution is -0.133. The molecule has 5 heteroatoms. The zero-order valence-electron chi connectivity index (χ0n) is 14.3. The van der Waals surface area contributed by atoms with E-state index in [-0.39, 0.29) is 24.2 Å². The van der Waals surface area contributed by atoms with E-state index in [9.17, 15) is 14.4 Å². The van der Waals surface area contributed by atoms with Crippen LogP contribution in [0.1, 0.15) is 26.3 Å². The van der Waals surface area contributed by atoms with E-state index in [0.29, 0.717) is 22.6 Å². The third-order valence-electron chi connectivity index (χ3n) is 4.31. The molecule has 5 nitrogen and oxygen atoms in total. The van der Waals surface area contributed by atoms with Gasteiger partial charge < -0.3 is 4.74 Å². The predicted octanol–water partition coefficient (Wildman–Crippen LogP) is 3.64. The summed E-state index contributed by atoms with van der Waals surface area (Å²) in [5, 5.41) is 0. The molecule has 1 aliphatic heterocycles. The van der Waals surface area contributed by atoms with Gasteiger partial charge in [0, 0.05) is 0 Å². The topological polar surface area (TPSA) is 63.7 Å². The molecule has 0 aromatic heterocycles. The first kappa shape index (κ1) is 16.7. The Morgan fingerprint density at radius 2 is 1.30 bits per heavy atom. The Bertz CT molecular complexity index is 991. The molecule has 0 spiro atoms. The Labute approximate surface area is 155 Å². The number of imide groups is 1. The molecule has 0 saturated carbocycles. The standard InChI is InChI=1S/C22H15NO4/c24-20(14-15-6-2-1-3-7-15)27-17-12-10-16(11-13-17)23-21(25)18-8-4-5-9-19(18)22(23)26/h1-13H,14H2. The van der Waals surface area contributed by atoms with Crippen LogP contribution in [0, 0.1) is 0 Å². The molecule has 0 atom stereocenters. The van der Waals surface area contributed by atoms with Crippen LogP contribution in [0.4, 0.5) is 5.69 Å². The highest BCUT2D eigenvalue weighted by atomic mass is 16.5. The van der Waals surface area contributed by atoms with Gasteiger partial charge >= 0.3 is 5.97 Å². The monoisotopic (exact) mass is 357 g/mol. The van der Waals surface area contributed by atoms with Crippen molar-refractivity contribution < 1.29 is 19.1 Å². The summed E-state index contributed by atoms with van der Waals surface area (Å²) < 4.78 is 5.32. The molecule has 27 heavy (non-hydrogen) atoms. The summed E-state index contributed by atoms with van der Waals surface area (Å²) >= 11 is 0. The number of hydrogen-bond acceptors (Lipinski definition) is 4. The second-order valence-electron chi connectivity index (χ2n) is 6.12. The number of nitrogens with zero attached hydrogens (tertiary/aromatic N) is 1. The zero-order chi connectivity index (χ0) is 18.8. The van der Waals surface area contributed by atoms with E-state index in [0.717, 1.165) is 10.5 Å². The summed E-state index contributed by atoms with van der Waals surface area (Å²) in [6.07, 6.45) is 0.168. The fourth-order valence-electron chi connectivity index (χ4n) is 3.02. The summed E-state index contributed by atoms with van der Waals surface area (Å²) in [4.78, 5) is 38.1. The van der Waals surface area contributed by atoms with Gasteiger partial charge in [0.15, 0.2) is 0 Å². The average Bonchev–Trinajstić information content (AvgIpc) is 2.94. The summed E-state index contributed by atoms with van der Waals surface area (Å²) in [5.74, 6) is -0.736. The lowest BCUT2D eigenvalue weighted by Gasteiger charge is -2.14. The number of benzene rings is 3. The van der Waals surface area contributed by atoms with Crippen LogP contribution < -0.4 is 9.64 Å². The largest absolute Gasteiger partial charge is 0.426 e. The number of amides is 2. The number of rotatable bonds is 4. The Morgan fingerprint density at radius 3 is 1.89 bits per heavy atom. The maximum absolute atomic E-state index is 12.5. The summed E-state index contributed by atoms with van der Waals surface area (Å²) in [7, 11) is 0. The molecule has 1 heterocycles. The number of anilines is 1. The van der Waals surface area contributed by atoms with Crippen LogP contribution in [0.5, 0.6) is 5.75 Å². The molecular formula is C22H15NO4. The van der Waals surface area contributed by atoms with Gasteiger partial charge in [0.25, 0.3) is 11.8 Å². The molecule has 0 unspecified atom stereocenters. The van der Waals surface area contributed by atoms with Gasteiger partial charge in [0.2, 0.25) is 0 Å². The van der Waals surface area contributed by atoms with Crippen molar-refractivity contribution in [3.05, 3.63) is 95.6 Å². The van der Waals surface area contributed by atoms with Crippen molar-refractivity contribution in [3.8, 4) is 5.75 Å². The fraction of sp³-hybridized carbons (Fsp3) is 0.0455. The highest BCUT2D eigenvalue weighted by molar-refractivity contribution is 6.34. The molecule has 3 aromatic rings. The SMILES string of the molecule is O=C(Cc1ccccc1)Oc1ccc(N2C(=O)c3ccccc3C2=O)cc1. The van der Waals surface area contributed by atoms with Gasteiger partial charge in [-0.15, -0.1) is 0 Å². The van der Waals surface area contributed by atoms with E-state index in [1.54, 1.807) is 48.5 Å². The molecule has 0 radical (unpaired) electrons. The van der Waals surface area contributed by atoms with E-state index >= 15 is 0 Å². The summed E-state index contributed by atoms with van der Waals surface area (Å²) in [5.41, 5.74) is 2.08. The Kier molecular flexibility index (Phi) is 4.26. The van der Waals surface area contributed by atoms with Crippen molar-refractivity contribution in [2.45, 2.75) is 6.42 Å². The van der Waals surface area contributed by atoms with Crippen LogP contribution in [-0.4, -0.2) is 17.8 Å². The molecule has 1 aliphatic rings. The second kappa shape index (κ2) is 6.88. The highest BCUT2D eigenvalue weighted by Gasteiger charge is 2.36. The first-order valence-electron chi connectivity index (χ1n) is 8.46. The molecular weight excluding hydrogens is 342 g/mol. The van der Waals surface area contributed by atoms with Crippen molar-refractivity contribution in [1.29, 1.82) is 0 Å². The molecule has 0 fully saturated rings. The minimum absolute atomic E-state index is 0.168. The number of hydrogen-bond donors (Lipinski definition) is 0. The van der Waals surface area contributed by atoms with Crippen molar-refractivity contribution >= 4 is 23.5 Å². The lowest BCUT2D eigenvalue weighted by Crippen LogP contribution is -2.29. The molecule has 4 rings (SSSR count). The molecule has 0 aliphatic carbocycles. The molecule has 132 valence electrons. The Morgan fingerprint density at radius 1 is 0.741 bits per heavy atom. The van der Waals surface area contributed by atoms with Gasteiger partial charge in [0.05, 0.1) is 23.2 Å². The van der Waals surface area contributed by atoms with Crippen LogP contribution in [0.25, 0.3) is 0 Å². The minimum atomic E-state index is -0.380. The van der Waals surface area contributed by atoms with Gasteiger partial charge in [-0.2, -0.15) is 0 Å². The van der Waals surface area contributed by atoms with Crippen molar-refractivity contribution in [1.82, 2.24) is 0 Å². The second-order valence-corrected chi connectivity index (χ2v) is 6.12. The summed E-state index contributed by atoms with van der Waals surface area (Å²) in [6.45, 7) is 0. The molecule has 0 saturated heterocycles. The van der Waals surface area contributed by atoms with Crippen molar-refractivity contribution in [2.24, 2.45) is 0 Å². The van der Waals surface area contributed by atoms with E-state index in [4.69, 9.17) is 4.74 Å². The van der Waals surface area contributed by atoms with Crippen LogP contribution in [-0.2, 0) is 11.2 Å². The zero-order valence-corrected chi connectivity index (χ0v) is 14.3. The van der Waals surface area contributed by atoms with E-state index in [1.165, 1.54) is 0 Å². The van der Waals surface area contributed by atoms with Crippen LogP contribution >= 0.6 is 0 Å². The normalized spacial score (nSPS) is 12.8. The summed E-state index contributed by atoms with van der Waals surface area (Å²) in [6, 6.07) is 22.4. The Balaban J connectivity index is 1.48. The number of ether oxygens (including phenoxy) is 1. The first-order chi connectivity index (χ1) is 13.1. The quantitative estimate of drug-likeness (QED) is 0.406. The number of fused-ring (bicyclic) bond motifs is 1. The maximum atomic E-state index is 12.5. The number of carbonyl (C=O) groups excluding carboxylic acids is 3. The highest BCUT2D eigenvalue weighted by Crippen LogP contribution is 2.29. The van der Waals surface area contributed by atoms with E-state index in [1.807, 2.05) is 30.3 Å². The Hall–Kier alpha value is -3.73. The molecule has 3 aromatic carbocycles. The van der Waals surface area contributed by atoms with Crippen LogP contribution in [0.2, 0.25) is 0 Å². The maximum Gasteiger partial charge on any atom is 0.315 e. The van der Waals surface area contributed by atoms with Gasteiger partial charge in [-0.05, 0) is 42.0 Å². The molecule has 0 N–H and O–H groups in total. The van der Waals surface area contributed by atoms with Crippen LogP contribution in [0.15, 0.2) is 78.9 Å².